The molecular weight excluding hydrogens is 464 g/mol. The van der Waals surface area contributed by atoms with Crippen LogP contribution in [0.25, 0.3) is 0 Å². The molecule has 0 spiro atoms. The van der Waals surface area contributed by atoms with E-state index in [1.165, 1.54) is 17.6 Å². The predicted molar refractivity (Wildman–Crippen MR) is 152 cm³/mol. The Kier molecular flexibility index (Phi) is 12.1. The minimum atomic E-state index is -0.282. The summed E-state index contributed by atoms with van der Waals surface area (Å²) < 4.78 is 7.75. The molecule has 0 saturated heterocycles. The van der Waals surface area contributed by atoms with Gasteiger partial charge in [0, 0.05) is 0 Å². The Bertz CT molecular complexity index is 882. The van der Waals surface area contributed by atoms with Crippen molar-refractivity contribution in [2.24, 2.45) is 16.2 Å². The molecule has 34 heavy (non-hydrogen) atoms. The number of para-hydroxylation sites is 1. The molecule has 1 aliphatic carbocycles. The average molecular weight is 515 g/mol. The number of ether oxygens (including phenoxy) is 1. The van der Waals surface area contributed by atoms with Crippen LogP contribution in [0.2, 0.25) is 13.1 Å². The van der Waals surface area contributed by atoms with Gasteiger partial charge < -0.3 is 4.74 Å². The molecule has 0 heterocycles. The molecule has 0 fully saturated rings. The second kappa shape index (κ2) is 13.3. The van der Waals surface area contributed by atoms with Gasteiger partial charge in [0.1, 0.15) is 12.4 Å². The Morgan fingerprint density at radius 2 is 1.53 bits per heavy atom. The molecule has 1 aromatic carbocycles. The molecule has 0 N–H and O–H groups in total. The van der Waals surface area contributed by atoms with E-state index in [9.17, 15) is 0 Å². The molecule has 0 saturated carbocycles. The molecule has 0 unspecified atom stereocenters. The van der Waals surface area contributed by atoms with Gasteiger partial charge in [-0.25, -0.2) is 0 Å². The molecular formula is C31H50OSiTi. The Morgan fingerprint density at radius 1 is 0.941 bits per heavy atom. The summed E-state index contributed by atoms with van der Waals surface area (Å²) in [5, 5.41) is 0. The SMILES string of the molecule is CC=C(C=C(COc1ccccc1)C(C)(C)C)C(C)(C)C.C[SiH](C)[Ti][C]1=CC(C(C)(C)C)=CC1. The first kappa shape index (κ1) is 30.9. The van der Waals surface area contributed by atoms with Crippen molar-refractivity contribution in [3.8, 4) is 5.75 Å². The van der Waals surface area contributed by atoms with Gasteiger partial charge in [0.15, 0.2) is 0 Å². The number of hydrogen-bond donors (Lipinski definition) is 0. The van der Waals surface area contributed by atoms with Crippen molar-refractivity contribution in [2.75, 3.05) is 6.61 Å². The van der Waals surface area contributed by atoms with Crippen molar-refractivity contribution < 1.29 is 23.1 Å². The van der Waals surface area contributed by atoms with Crippen LogP contribution in [-0.2, 0) is 18.4 Å². The first-order valence-corrected chi connectivity index (χ1v) is 19.1. The molecule has 0 aliphatic heterocycles. The van der Waals surface area contributed by atoms with Crippen LogP contribution < -0.4 is 4.74 Å². The van der Waals surface area contributed by atoms with Crippen LogP contribution in [0.15, 0.2) is 75.2 Å². The summed E-state index contributed by atoms with van der Waals surface area (Å²) in [6.07, 6.45) is 10.7. The fourth-order valence-electron chi connectivity index (χ4n) is 3.59. The van der Waals surface area contributed by atoms with E-state index >= 15 is 0 Å². The Balaban J connectivity index is 0.000000380. The van der Waals surface area contributed by atoms with E-state index in [1.54, 1.807) is 9.45 Å². The van der Waals surface area contributed by atoms with Gasteiger partial charge in [-0.1, -0.05) is 71.9 Å². The third kappa shape index (κ3) is 11.6. The van der Waals surface area contributed by atoms with E-state index in [-0.39, 0.29) is 17.5 Å². The maximum absolute atomic E-state index is 5.96. The number of hydrogen-bond acceptors (Lipinski definition) is 1. The second-order valence-electron chi connectivity index (χ2n) is 12.6. The summed E-state index contributed by atoms with van der Waals surface area (Å²) >= 11 is 0.302. The normalized spacial score (nSPS) is 15.4. The van der Waals surface area contributed by atoms with E-state index < -0.39 is 0 Å². The van der Waals surface area contributed by atoms with Crippen molar-refractivity contribution in [3.05, 3.63) is 75.2 Å². The predicted octanol–water partition coefficient (Wildman–Crippen LogP) is 9.34. The molecule has 1 nitrogen and oxygen atoms in total. The fourth-order valence-corrected chi connectivity index (χ4v) is 9.35. The first-order chi connectivity index (χ1) is 15.5. The minimum absolute atomic E-state index is 0.0916. The molecule has 0 radical (unpaired) electrons. The van der Waals surface area contributed by atoms with Crippen molar-refractivity contribution in [1.82, 2.24) is 0 Å². The zero-order valence-electron chi connectivity index (χ0n) is 24.1. The van der Waals surface area contributed by atoms with Crippen molar-refractivity contribution in [2.45, 2.75) is 88.8 Å². The summed E-state index contributed by atoms with van der Waals surface area (Å²) in [7, 11) is 0. The van der Waals surface area contributed by atoms with Crippen molar-refractivity contribution in [1.29, 1.82) is 0 Å². The summed E-state index contributed by atoms with van der Waals surface area (Å²) in [6.45, 7) is 27.8. The Hall–Kier alpha value is -1.09. The third-order valence-corrected chi connectivity index (χ3v) is 11.8. The molecule has 188 valence electrons. The van der Waals surface area contributed by atoms with E-state index in [0.29, 0.717) is 30.4 Å². The first-order valence-electron chi connectivity index (χ1n) is 12.8. The van der Waals surface area contributed by atoms with Gasteiger partial charge in [0.05, 0.1) is 0 Å². The zero-order valence-corrected chi connectivity index (χ0v) is 26.8. The molecule has 0 atom stereocenters. The van der Waals surface area contributed by atoms with Crippen LogP contribution in [0.1, 0.15) is 75.7 Å². The fraction of sp³-hybridized carbons (Fsp3) is 0.548. The topological polar surface area (TPSA) is 9.23 Å². The van der Waals surface area contributed by atoms with Gasteiger partial charge in [-0.3, -0.25) is 0 Å². The summed E-state index contributed by atoms with van der Waals surface area (Å²) in [5.74, 6) is 0.922. The third-order valence-electron chi connectivity index (χ3n) is 5.82. The Morgan fingerprint density at radius 3 is 1.94 bits per heavy atom. The average Bonchev–Trinajstić information content (AvgIpc) is 3.15. The molecule has 1 aromatic rings. The van der Waals surface area contributed by atoms with Crippen LogP contribution in [0.5, 0.6) is 5.75 Å². The van der Waals surface area contributed by atoms with Gasteiger partial charge in [-0.05, 0) is 41.0 Å². The van der Waals surface area contributed by atoms with Gasteiger partial charge in [-0.2, -0.15) is 0 Å². The molecule has 0 bridgehead atoms. The maximum atomic E-state index is 5.96. The van der Waals surface area contributed by atoms with Crippen molar-refractivity contribution >= 4 is 6.66 Å². The monoisotopic (exact) mass is 514 g/mol. The van der Waals surface area contributed by atoms with Crippen molar-refractivity contribution in [3.63, 3.8) is 0 Å². The van der Waals surface area contributed by atoms with Crippen LogP contribution in [-0.4, -0.2) is 13.3 Å². The van der Waals surface area contributed by atoms with Crippen LogP contribution in [0.4, 0.5) is 0 Å². The van der Waals surface area contributed by atoms with Gasteiger partial charge >= 0.3 is 92.4 Å². The number of rotatable bonds is 6. The molecule has 0 amide bonds. The summed E-state index contributed by atoms with van der Waals surface area (Å²) in [4.78, 5) is 0. The quantitative estimate of drug-likeness (QED) is 0.271. The van der Waals surface area contributed by atoms with Gasteiger partial charge in [0.25, 0.3) is 0 Å². The standard InChI is InChI=1S/C20H30O.C9H13.C2H7Si.Ti/c1-8-16(19(2,3)4)14-17(20(5,6)7)15-21-18-12-10-9-11-13-18;1-9(2,3)8-6-4-5-7-8;1-3-2;/h8-14H,15H2,1-7H3;6-7H,4H2,1-3H3;3H,1-2H3;. The van der Waals surface area contributed by atoms with E-state index in [1.807, 2.05) is 30.3 Å². The van der Waals surface area contributed by atoms with E-state index in [2.05, 4.69) is 107 Å². The summed E-state index contributed by atoms with van der Waals surface area (Å²) in [6, 6.07) is 10.0. The second-order valence-corrected chi connectivity index (χ2v) is 23.0. The zero-order chi connectivity index (χ0) is 26.2. The van der Waals surface area contributed by atoms with Gasteiger partial charge in [-0.15, -0.1) is 0 Å². The molecule has 0 aromatic heterocycles. The van der Waals surface area contributed by atoms with Gasteiger partial charge in [0.2, 0.25) is 0 Å². The Labute approximate surface area is 221 Å². The number of benzene rings is 1. The number of allylic oxidation sites excluding steroid dienone is 7. The molecule has 3 heteroatoms. The van der Waals surface area contributed by atoms with Crippen LogP contribution in [0, 0.1) is 16.2 Å². The summed E-state index contributed by atoms with van der Waals surface area (Å²) in [5.41, 5.74) is 4.85. The molecule has 2 rings (SSSR count). The van der Waals surface area contributed by atoms with E-state index in [4.69, 9.17) is 4.74 Å². The van der Waals surface area contributed by atoms with Crippen LogP contribution in [0.3, 0.4) is 0 Å². The molecule has 1 aliphatic rings. The van der Waals surface area contributed by atoms with E-state index in [0.717, 1.165) is 5.75 Å². The van der Waals surface area contributed by atoms with Crippen LogP contribution >= 0.6 is 0 Å².